The molecule has 14 heteroatoms. The number of hydrogen-bond acceptors (Lipinski definition) is 13. The van der Waals surface area contributed by atoms with Gasteiger partial charge in [0.2, 0.25) is 5.91 Å². The Balaban J connectivity index is 1.62. The predicted molar refractivity (Wildman–Crippen MR) is 374 cm³/mol. The molecule has 0 aromatic heterocycles. The van der Waals surface area contributed by atoms with Crippen LogP contribution in [0, 0.1) is 0 Å². The van der Waals surface area contributed by atoms with E-state index in [1.54, 1.807) is 6.08 Å². The van der Waals surface area contributed by atoms with Crippen LogP contribution in [0.5, 0.6) is 0 Å². The average Bonchev–Trinajstić information content (AvgIpc) is 1.28. The van der Waals surface area contributed by atoms with E-state index in [1.807, 2.05) is 6.08 Å². The molecule has 2 heterocycles. The first kappa shape index (κ1) is 85.6. The summed E-state index contributed by atoms with van der Waals surface area (Å²) in [6.07, 6.45) is 62.6. The molecule has 0 aliphatic carbocycles. The van der Waals surface area contributed by atoms with Crippen LogP contribution in [0.15, 0.2) is 24.3 Å². The number of amides is 1. The maximum Gasteiger partial charge on any atom is 0.220 e. The van der Waals surface area contributed by atoms with Crippen molar-refractivity contribution in [1.29, 1.82) is 0 Å². The summed E-state index contributed by atoms with van der Waals surface area (Å²) >= 11 is 0. The third-order valence-corrected chi connectivity index (χ3v) is 19.4. The molecule has 12 unspecified atom stereocenters. The Hall–Kier alpha value is -1.53. The summed E-state index contributed by atoms with van der Waals surface area (Å²) in [4.78, 5) is 13.4. The maximum atomic E-state index is 13.4. The minimum atomic E-state index is -1.79. The van der Waals surface area contributed by atoms with Crippen molar-refractivity contribution in [3.63, 3.8) is 0 Å². The van der Waals surface area contributed by atoms with Crippen molar-refractivity contribution in [2.24, 2.45) is 0 Å². The Kier molecular flexibility index (Phi) is 58.3. The fourth-order valence-electron chi connectivity index (χ4n) is 13.2. The van der Waals surface area contributed by atoms with Gasteiger partial charge in [0, 0.05) is 6.42 Å². The van der Waals surface area contributed by atoms with E-state index in [-0.39, 0.29) is 18.9 Å². The zero-order valence-electron chi connectivity index (χ0n) is 58.9. The molecule has 91 heavy (non-hydrogen) atoms. The number of ether oxygens (including phenoxy) is 4. The largest absolute Gasteiger partial charge is 0.394 e. The average molecular weight is 1300 g/mol. The summed E-state index contributed by atoms with van der Waals surface area (Å²) in [7, 11) is 0. The van der Waals surface area contributed by atoms with E-state index in [0.717, 1.165) is 38.5 Å². The van der Waals surface area contributed by atoms with Gasteiger partial charge < -0.3 is 65.1 Å². The quantitative estimate of drug-likeness (QED) is 0.0204. The van der Waals surface area contributed by atoms with Crippen LogP contribution in [0.1, 0.15) is 367 Å². The fraction of sp³-hybridized carbons (Fsp3) is 0.935. The van der Waals surface area contributed by atoms with Crippen molar-refractivity contribution >= 4 is 5.91 Å². The second-order valence-corrected chi connectivity index (χ2v) is 27.8. The number of carbonyl (C=O) groups excluding carboxylic acids is 1. The molecule has 2 aliphatic heterocycles. The first-order valence-electron chi connectivity index (χ1n) is 39.1. The summed E-state index contributed by atoms with van der Waals surface area (Å²) in [6.45, 7) is 2.87. The SMILES string of the molecule is CCCCCCCCCC/C=C\CCCCCCCCCCCCCCCCCCCCCCCC(=O)NC(COC1OC(CO)C(OC2OC(CO)C(O)C(O)C2O)C(O)C1O)C(O)/C=C/CCCCCCCCCCCCCCCCCCCCCCCC. The smallest absolute Gasteiger partial charge is 0.220 e. The van der Waals surface area contributed by atoms with Crippen LogP contribution in [-0.2, 0) is 23.7 Å². The van der Waals surface area contributed by atoms with Gasteiger partial charge in [-0.1, -0.05) is 340 Å². The van der Waals surface area contributed by atoms with Crippen LogP contribution in [0.3, 0.4) is 0 Å². The molecule has 2 rings (SSSR count). The second kappa shape index (κ2) is 62.0. The fourth-order valence-corrected chi connectivity index (χ4v) is 13.2. The Morgan fingerprint density at radius 3 is 1.04 bits per heavy atom. The molecule has 2 fully saturated rings. The number of aliphatic hydroxyl groups excluding tert-OH is 8. The lowest BCUT2D eigenvalue weighted by Crippen LogP contribution is -2.65. The molecule has 9 N–H and O–H groups in total. The monoisotopic (exact) mass is 1290 g/mol. The van der Waals surface area contributed by atoms with Gasteiger partial charge in [0.15, 0.2) is 12.6 Å². The van der Waals surface area contributed by atoms with E-state index in [2.05, 4.69) is 31.3 Å². The summed E-state index contributed by atoms with van der Waals surface area (Å²) in [5, 5.41) is 87.6. The summed E-state index contributed by atoms with van der Waals surface area (Å²) < 4.78 is 22.9. The summed E-state index contributed by atoms with van der Waals surface area (Å²) in [5.74, 6) is -0.230. The lowest BCUT2D eigenvalue weighted by molar-refractivity contribution is -0.359. The third-order valence-electron chi connectivity index (χ3n) is 19.4. The minimum absolute atomic E-state index is 0.230. The van der Waals surface area contributed by atoms with Gasteiger partial charge in [0.05, 0.1) is 32.0 Å². The molecule has 0 aromatic rings. The molecule has 1 amide bonds. The molecule has 2 aliphatic rings. The van der Waals surface area contributed by atoms with Crippen molar-refractivity contribution in [2.75, 3.05) is 19.8 Å². The standard InChI is InChI=1S/C77H147NO13/c1-3-5-7-9-11-13-15-17-19-21-23-25-27-29-30-31-32-33-34-35-36-37-39-41-43-45-47-49-51-53-55-57-59-61-69(82)78-65(64-88-76-74(87)72(85)75(68(63-80)90-76)91-77-73(86)71(84)70(83)67(62-79)89-77)66(81)60-58-56-54-52-50-48-46-44-42-40-38-28-26-24-22-20-18-16-14-12-10-8-6-4-2/h21,23,58,60,65-68,70-77,79-81,83-87H,3-20,22,24-57,59,61-64H2,1-2H3,(H,78,82)/b23-21-,60-58+. The van der Waals surface area contributed by atoms with Gasteiger partial charge >= 0.3 is 0 Å². The molecule has 0 saturated carbocycles. The van der Waals surface area contributed by atoms with Crippen LogP contribution in [0.4, 0.5) is 0 Å². The highest BCUT2D eigenvalue weighted by molar-refractivity contribution is 5.76. The van der Waals surface area contributed by atoms with Crippen LogP contribution in [0.25, 0.3) is 0 Å². The molecule has 0 aromatic carbocycles. The highest BCUT2D eigenvalue weighted by Gasteiger charge is 2.51. The predicted octanol–water partition coefficient (Wildman–Crippen LogP) is 17.1. The van der Waals surface area contributed by atoms with Gasteiger partial charge in [-0.25, -0.2) is 0 Å². The lowest BCUT2D eigenvalue weighted by Gasteiger charge is -2.46. The molecular weight excluding hydrogens is 1150 g/mol. The highest BCUT2D eigenvalue weighted by Crippen LogP contribution is 2.30. The van der Waals surface area contributed by atoms with Gasteiger partial charge in [-0.15, -0.1) is 0 Å². The van der Waals surface area contributed by atoms with E-state index in [9.17, 15) is 45.6 Å². The van der Waals surface area contributed by atoms with Crippen LogP contribution < -0.4 is 5.32 Å². The van der Waals surface area contributed by atoms with Gasteiger partial charge in [0.25, 0.3) is 0 Å². The highest BCUT2D eigenvalue weighted by atomic mass is 16.7. The number of nitrogens with one attached hydrogen (secondary N) is 1. The maximum absolute atomic E-state index is 13.4. The summed E-state index contributed by atoms with van der Waals surface area (Å²) in [5.41, 5.74) is 0. The van der Waals surface area contributed by atoms with E-state index in [0.29, 0.717) is 6.42 Å². The summed E-state index contributed by atoms with van der Waals surface area (Å²) in [6, 6.07) is -0.913. The third kappa shape index (κ3) is 45.6. The molecule has 0 radical (unpaired) electrons. The van der Waals surface area contributed by atoms with Gasteiger partial charge in [-0.3, -0.25) is 4.79 Å². The number of carbonyl (C=O) groups is 1. The van der Waals surface area contributed by atoms with Gasteiger partial charge in [-0.2, -0.15) is 0 Å². The van der Waals surface area contributed by atoms with Crippen LogP contribution in [0.2, 0.25) is 0 Å². The first-order valence-corrected chi connectivity index (χ1v) is 39.1. The normalized spacial score (nSPS) is 22.8. The Morgan fingerprint density at radius 2 is 0.692 bits per heavy atom. The van der Waals surface area contributed by atoms with Crippen LogP contribution in [-0.4, -0.2) is 140 Å². The van der Waals surface area contributed by atoms with Gasteiger partial charge in [0.1, 0.15) is 48.8 Å². The molecular formula is C77H147NO13. The Labute approximate surface area is 558 Å². The van der Waals surface area contributed by atoms with Gasteiger partial charge in [-0.05, 0) is 44.9 Å². The minimum Gasteiger partial charge on any atom is -0.394 e. The van der Waals surface area contributed by atoms with Crippen LogP contribution >= 0.6 is 0 Å². The molecule has 2 saturated heterocycles. The number of aliphatic hydroxyl groups is 8. The molecule has 0 spiro atoms. The van der Waals surface area contributed by atoms with Crippen molar-refractivity contribution in [1.82, 2.24) is 5.32 Å². The Bertz CT molecular complexity index is 1620. The van der Waals surface area contributed by atoms with E-state index >= 15 is 0 Å². The van der Waals surface area contributed by atoms with E-state index < -0.39 is 86.8 Å². The molecule has 14 nitrogen and oxygen atoms in total. The van der Waals surface area contributed by atoms with Crippen molar-refractivity contribution < 1.29 is 64.6 Å². The van der Waals surface area contributed by atoms with Crippen molar-refractivity contribution in [2.45, 2.75) is 441 Å². The van der Waals surface area contributed by atoms with E-state index in [4.69, 9.17) is 18.9 Å². The molecule has 0 bridgehead atoms. The number of rotatable bonds is 66. The zero-order chi connectivity index (χ0) is 65.9. The molecule has 538 valence electrons. The number of allylic oxidation sites excluding steroid dienone is 3. The lowest BCUT2D eigenvalue weighted by atomic mass is 9.97. The first-order chi connectivity index (χ1) is 44.6. The topological polar surface area (TPSA) is 228 Å². The zero-order valence-corrected chi connectivity index (χ0v) is 58.9. The second-order valence-electron chi connectivity index (χ2n) is 27.8. The Morgan fingerprint density at radius 1 is 0.385 bits per heavy atom. The number of hydrogen-bond donors (Lipinski definition) is 9. The van der Waals surface area contributed by atoms with Crippen molar-refractivity contribution in [3.05, 3.63) is 24.3 Å². The number of unbranched alkanes of at least 4 members (excludes halogenated alkanes) is 51. The van der Waals surface area contributed by atoms with E-state index in [1.165, 1.54) is 302 Å². The van der Waals surface area contributed by atoms with Crippen molar-refractivity contribution in [3.8, 4) is 0 Å². The molecule has 12 atom stereocenters.